The highest BCUT2D eigenvalue weighted by Gasteiger charge is 1.90. The van der Waals surface area contributed by atoms with Gasteiger partial charge in [-0.1, -0.05) is 6.85 Å². The van der Waals surface area contributed by atoms with Crippen molar-refractivity contribution in [3.05, 3.63) is 16.8 Å². The SMILES string of the molecule is [2H]c1c(Br)nn(C([2H])([2H])C([2H])([2H])C([2H])([2H])[2H])c1[2H]. The summed E-state index contributed by atoms with van der Waals surface area (Å²) in [5.41, 5.74) is 0. The van der Waals surface area contributed by atoms with E-state index >= 15 is 0 Å². The Morgan fingerprint density at radius 2 is 3.11 bits per heavy atom. The van der Waals surface area contributed by atoms with E-state index in [1.165, 1.54) is 0 Å². The molecule has 0 spiro atoms. The smallest absolute Gasteiger partial charge is 0.128 e. The van der Waals surface area contributed by atoms with Crippen molar-refractivity contribution in [1.82, 2.24) is 9.78 Å². The number of halogens is 1. The predicted octanol–water partition coefficient (Wildman–Crippen LogP) is 2.06. The molecule has 0 amide bonds. The third-order valence-electron chi connectivity index (χ3n) is 0.615. The molecule has 0 saturated carbocycles. The standard InChI is InChI=1S/C6H9BrN2/c1-2-4-9-5-3-6(7)8-9/h3,5H,2,4H2,1H3/i1D3,2D2,3D,4D2,5D. The molecule has 0 aliphatic heterocycles. The minimum atomic E-state index is -3.26. The Kier molecular flexibility index (Phi) is 0.550. The molecule has 0 aliphatic carbocycles. The second-order valence-corrected chi connectivity index (χ2v) is 1.93. The van der Waals surface area contributed by atoms with Crippen LogP contribution < -0.4 is 0 Å². The lowest BCUT2D eigenvalue weighted by Gasteiger charge is -1.93. The van der Waals surface area contributed by atoms with Crippen molar-refractivity contribution in [1.29, 1.82) is 0 Å². The van der Waals surface area contributed by atoms with Crippen LogP contribution in [0.4, 0.5) is 0 Å². The summed E-state index contributed by atoms with van der Waals surface area (Å²) in [6, 6.07) is -0.444. The Balaban J connectivity index is 3.42. The molecule has 0 bridgehead atoms. The van der Waals surface area contributed by atoms with Crippen molar-refractivity contribution in [2.45, 2.75) is 19.7 Å². The second-order valence-electron chi connectivity index (χ2n) is 1.18. The molecule has 0 aliphatic rings. The number of nitrogens with zero attached hydrogens (tertiary/aromatic N) is 2. The molecular weight excluding hydrogens is 180 g/mol. The van der Waals surface area contributed by atoms with Crippen molar-refractivity contribution in [3.8, 4) is 0 Å². The molecule has 0 atom stereocenters. The van der Waals surface area contributed by atoms with Crippen LogP contribution in [0, 0.1) is 0 Å². The molecule has 0 saturated heterocycles. The van der Waals surface area contributed by atoms with Crippen LogP contribution in [-0.4, -0.2) is 9.78 Å². The number of rotatable bonds is 2. The first kappa shape index (κ1) is 1.64. The Morgan fingerprint density at radius 1 is 2.22 bits per heavy atom. The summed E-state index contributed by atoms with van der Waals surface area (Å²) in [5.74, 6) is 0. The molecule has 1 aromatic heterocycles. The summed E-state index contributed by atoms with van der Waals surface area (Å²) in [7, 11) is 0. The average Bonchev–Trinajstić information content (AvgIpc) is 2.44. The van der Waals surface area contributed by atoms with Gasteiger partial charge >= 0.3 is 0 Å². The largest absolute Gasteiger partial charge is 0.272 e. The predicted molar refractivity (Wildman–Crippen MR) is 40.2 cm³/mol. The van der Waals surface area contributed by atoms with Gasteiger partial charge in [0.05, 0.1) is 5.48 Å². The monoisotopic (exact) mass is 197 g/mol. The first-order valence-electron chi connectivity index (χ1n) is 6.56. The first-order valence-corrected chi connectivity index (χ1v) is 2.85. The number of hydrogen-bond donors (Lipinski definition) is 0. The molecule has 2 nitrogen and oxygen atoms in total. The van der Waals surface area contributed by atoms with Gasteiger partial charge in [-0.25, -0.2) is 0 Å². The van der Waals surface area contributed by atoms with E-state index in [-0.39, 0.29) is 9.28 Å². The zero-order valence-corrected chi connectivity index (χ0v) is 5.86. The van der Waals surface area contributed by atoms with E-state index in [2.05, 4.69) is 21.0 Å². The summed E-state index contributed by atoms with van der Waals surface area (Å²) in [6.45, 7) is -6.32. The molecule has 0 unspecified atom stereocenters. The van der Waals surface area contributed by atoms with Crippen LogP contribution in [0.15, 0.2) is 16.8 Å². The zero-order valence-electron chi connectivity index (χ0n) is 13.3. The maximum Gasteiger partial charge on any atom is 0.128 e. The molecule has 50 valence electrons. The fraction of sp³-hybridized carbons (Fsp3) is 0.500. The Bertz CT molecular complexity index is 462. The molecular formula is C6H9BrN2. The fourth-order valence-corrected chi connectivity index (χ4v) is 0.590. The summed E-state index contributed by atoms with van der Waals surface area (Å²) < 4.78 is 66.0. The highest BCUT2D eigenvalue weighted by atomic mass is 79.9. The van der Waals surface area contributed by atoms with Gasteiger partial charge in [-0.15, -0.1) is 0 Å². The maximum atomic E-state index is 7.58. The van der Waals surface area contributed by atoms with Crippen molar-refractivity contribution < 1.29 is 12.3 Å². The lowest BCUT2D eigenvalue weighted by Crippen LogP contribution is -1.95. The summed E-state index contributed by atoms with van der Waals surface area (Å²) >= 11 is 2.81. The summed E-state index contributed by atoms with van der Waals surface area (Å²) in [4.78, 5) is 0. The van der Waals surface area contributed by atoms with Gasteiger partial charge in [0.2, 0.25) is 0 Å². The van der Waals surface area contributed by atoms with Crippen LogP contribution in [0.2, 0.25) is 0 Å². The minimum absolute atomic E-state index is 0.155. The van der Waals surface area contributed by atoms with E-state index in [0.717, 1.165) is 0 Å². The summed E-state index contributed by atoms with van der Waals surface area (Å²) in [6.07, 6.45) is -3.96. The molecule has 1 rings (SSSR count). The van der Waals surface area contributed by atoms with Crippen LogP contribution in [-0.2, 0) is 6.50 Å². The normalized spacial score (nSPS) is 29.2. The van der Waals surface area contributed by atoms with Gasteiger partial charge in [0.25, 0.3) is 0 Å². The van der Waals surface area contributed by atoms with E-state index in [4.69, 9.17) is 12.3 Å². The molecule has 1 aromatic rings. The van der Waals surface area contributed by atoms with E-state index in [9.17, 15) is 0 Å². The molecule has 0 fully saturated rings. The van der Waals surface area contributed by atoms with Crippen molar-refractivity contribution in [2.24, 2.45) is 0 Å². The van der Waals surface area contributed by atoms with E-state index in [1.54, 1.807) is 0 Å². The zero-order chi connectivity index (χ0) is 14.5. The van der Waals surface area contributed by atoms with Gasteiger partial charge in [-0.2, -0.15) is 5.10 Å². The number of aryl methyl sites for hydroxylation is 1. The fourth-order valence-electron chi connectivity index (χ4n) is 0.343. The van der Waals surface area contributed by atoms with Gasteiger partial charge in [-0.05, 0) is 28.3 Å². The highest BCUT2D eigenvalue weighted by molar-refractivity contribution is 9.10. The quantitative estimate of drug-likeness (QED) is 0.711. The van der Waals surface area contributed by atoms with Crippen molar-refractivity contribution >= 4 is 15.9 Å². The maximum absolute atomic E-state index is 7.58. The molecule has 3 heteroatoms. The highest BCUT2D eigenvalue weighted by Crippen LogP contribution is 2.03. The minimum Gasteiger partial charge on any atom is -0.272 e. The molecule has 0 N–H and O–H groups in total. The number of hydrogen-bond acceptors (Lipinski definition) is 1. The van der Waals surface area contributed by atoms with Crippen molar-refractivity contribution in [3.63, 3.8) is 0 Å². The molecule has 0 aromatic carbocycles. The van der Waals surface area contributed by atoms with Crippen LogP contribution in [0.3, 0.4) is 0 Å². The third kappa shape index (κ3) is 1.82. The van der Waals surface area contributed by atoms with Gasteiger partial charge in [0.15, 0.2) is 0 Å². The third-order valence-corrected chi connectivity index (χ3v) is 0.971. The van der Waals surface area contributed by atoms with Crippen LogP contribution in [0.25, 0.3) is 0 Å². The number of aromatic nitrogens is 2. The molecule has 0 radical (unpaired) electrons. The van der Waals surface area contributed by atoms with E-state index < -0.39 is 31.9 Å². The van der Waals surface area contributed by atoms with E-state index in [0.29, 0.717) is 0 Å². The Morgan fingerprint density at radius 3 is 3.67 bits per heavy atom. The van der Waals surface area contributed by atoms with Gasteiger partial charge in [-0.3, -0.25) is 4.68 Å². The van der Waals surface area contributed by atoms with Gasteiger partial charge in [0.1, 0.15) is 4.60 Å². The van der Waals surface area contributed by atoms with E-state index in [1.807, 2.05) is 0 Å². The van der Waals surface area contributed by atoms with Crippen LogP contribution >= 0.6 is 15.9 Å². The van der Waals surface area contributed by atoms with Crippen LogP contribution in [0.1, 0.15) is 25.6 Å². The molecule has 9 heavy (non-hydrogen) atoms. The second kappa shape index (κ2) is 3.01. The first-order chi connectivity index (χ1) is 7.84. The van der Waals surface area contributed by atoms with Gasteiger partial charge < -0.3 is 0 Å². The lowest BCUT2D eigenvalue weighted by molar-refractivity contribution is 0.599. The summed E-state index contributed by atoms with van der Waals surface area (Å²) in [5, 5.41) is 3.45. The van der Waals surface area contributed by atoms with Crippen LogP contribution in [0.5, 0.6) is 0 Å². The van der Waals surface area contributed by atoms with Gasteiger partial charge in [0, 0.05) is 19.5 Å². The lowest BCUT2D eigenvalue weighted by atomic mass is 10.5. The Labute approximate surface area is 75.6 Å². The van der Waals surface area contributed by atoms with Crippen molar-refractivity contribution in [2.75, 3.05) is 0 Å². The Hall–Kier alpha value is -0.310. The average molecular weight is 198 g/mol. The molecule has 1 heterocycles. The topological polar surface area (TPSA) is 17.8 Å².